The standard InChI is InChI=1S/C46H60N6O28/c1-27(73-39(61)19-69-23-43(65)77-49-31(53)5-6-32(49)54)15-47(16-28(2)74-40(62)20-70-24-44(66)78-50-33(55)7-8-34(50)56)13-14-48(17-29(3)75-41(63)21-71-25-45(67)79-51-35(57)9-10-36(51)58)18-30(4)76-42(64)22-72-26-46(68)80-52-37(59)11-12-38(52)60/h27-30H,5-26H2,1-4H3. The molecule has 0 spiro atoms. The van der Waals surface area contributed by atoms with Crippen LogP contribution in [0.25, 0.3) is 0 Å². The monoisotopic (exact) mass is 1140 g/mol. The number of esters is 4. The van der Waals surface area contributed by atoms with Gasteiger partial charge in [-0.15, -0.1) is 20.3 Å². The smallest absolute Gasteiger partial charge is 0.358 e. The minimum absolute atomic E-state index is 0.0260. The van der Waals surface area contributed by atoms with E-state index in [1.807, 2.05) is 0 Å². The Hall–Kier alpha value is -7.92. The van der Waals surface area contributed by atoms with Gasteiger partial charge in [-0.3, -0.25) is 48.2 Å². The molecule has 0 saturated carbocycles. The van der Waals surface area contributed by atoms with Crippen molar-refractivity contribution in [3.8, 4) is 0 Å². The number of hydrogen-bond acceptors (Lipinski definition) is 30. The fourth-order valence-electron chi connectivity index (χ4n) is 7.45. The zero-order valence-electron chi connectivity index (χ0n) is 44.0. The number of hydroxylamine groups is 8. The van der Waals surface area contributed by atoms with E-state index < -0.39 is 172 Å². The molecular formula is C46H60N6O28. The van der Waals surface area contributed by atoms with Gasteiger partial charge in [0.1, 0.15) is 77.3 Å². The Morgan fingerprint density at radius 1 is 0.312 bits per heavy atom. The van der Waals surface area contributed by atoms with Crippen molar-refractivity contribution in [2.24, 2.45) is 0 Å². The first-order chi connectivity index (χ1) is 37.9. The van der Waals surface area contributed by atoms with E-state index in [4.69, 9.17) is 57.2 Å². The zero-order chi connectivity index (χ0) is 59.1. The van der Waals surface area contributed by atoms with Crippen LogP contribution in [0.5, 0.6) is 0 Å². The van der Waals surface area contributed by atoms with Gasteiger partial charge in [0.25, 0.3) is 47.3 Å². The number of rotatable bonds is 35. The highest BCUT2D eigenvalue weighted by atomic mass is 16.8. The third-order valence-electron chi connectivity index (χ3n) is 10.7. The minimum Gasteiger partial charge on any atom is -0.460 e. The number of hydrogen-bond donors (Lipinski definition) is 0. The summed E-state index contributed by atoms with van der Waals surface area (Å²) in [6, 6.07) is 0. The lowest BCUT2D eigenvalue weighted by Gasteiger charge is -2.32. The number of amides is 8. The molecule has 0 bridgehead atoms. The van der Waals surface area contributed by atoms with Gasteiger partial charge >= 0.3 is 47.8 Å². The topological polar surface area (TPSA) is 403 Å². The molecule has 34 nitrogen and oxygen atoms in total. The molecule has 8 amide bonds. The Labute approximate surface area is 453 Å². The summed E-state index contributed by atoms with van der Waals surface area (Å²) in [4.78, 5) is 216. The van der Waals surface area contributed by atoms with Crippen LogP contribution in [0.1, 0.15) is 79.1 Å². The zero-order valence-corrected chi connectivity index (χ0v) is 44.0. The minimum atomic E-state index is -1.15. The van der Waals surface area contributed by atoms with Crippen LogP contribution in [0.3, 0.4) is 0 Å². The highest BCUT2D eigenvalue weighted by Gasteiger charge is 2.36. The van der Waals surface area contributed by atoms with E-state index in [-0.39, 0.29) is 90.6 Å². The fourth-order valence-corrected chi connectivity index (χ4v) is 7.45. The molecule has 0 aromatic carbocycles. The molecule has 0 aromatic heterocycles. The van der Waals surface area contributed by atoms with Gasteiger partial charge < -0.3 is 57.2 Å². The summed E-state index contributed by atoms with van der Waals surface area (Å²) in [6.45, 7) is -0.833. The molecule has 4 aliphatic heterocycles. The van der Waals surface area contributed by atoms with Gasteiger partial charge in [-0.05, 0) is 27.7 Å². The van der Waals surface area contributed by atoms with Crippen molar-refractivity contribution in [3.63, 3.8) is 0 Å². The molecule has 4 rings (SSSR count). The van der Waals surface area contributed by atoms with Crippen molar-refractivity contribution in [2.75, 3.05) is 92.1 Å². The van der Waals surface area contributed by atoms with Gasteiger partial charge in [0.05, 0.1) is 0 Å². The molecule has 4 aliphatic rings. The van der Waals surface area contributed by atoms with Gasteiger partial charge in [-0.1, -0.05) is 0 Å². The van der Waals surface area contributed by atoms with Crippen LogP contribution in [0, 0.1) is 0 Å². The van der Waals surface area contributed by atoms with Crippen molar-refractivity contribution in [1.29, 1.82) is 0 Å². The fraction of sp³-hybridized carbons (Fsp3) is 0.652. The summed E-state index contributed by atoms with van der Waals surface area (Å²) in [5, 5.41) is 1.20. The van der Waals surface area contributed by atoms with Gasteiger partial charge in [0, 0.05) is 90.6 Å². The summed E-state index contributed by atoms with van der Waals surface area (Å²) in [5.41, 5.74) is 0. The van der Waals surface area contributed by atoms with Gasteiger partial charge in [-0.2, -0.15) is 0 Å². The second kappa shape index (κ2) is 32.2. The molecule has 0 aromatic rings. The first-order valence-electron chi connectivity index (χ1n) is 24.7. The van der Waals surface area contributed by atoms with E-state index in [9.17, 15) is 76.7 Å². The van der Waals surface area contributed by atoms with Crippen LogP contribution < -0.4 is 0 Å². The second-order valence-corrected chi connectivity index (χ2v) is 17.9. The number of imide groups is 4. The highest BCUT2D eigenvalue weighted by Crippen LogP contribution is 2.16. The summed E-state index contributed by atoms with van der Waals surface area (Å²) in [5.74, 6) is -14.3. The van der Waals surface area contributed by atoms with E-state index in [1.165, 1.54) is 27.7 Å². The van der Waals surface area contributed by atoms with Gasteiger partial charge in [0.15, 0.2) is 0 Å². The third-order valence-corrected chi connectivity index (χ3v) is 10.7. The first-order valence-corrected chi connectivity index (χ1v) is 24.7. The van der Waals surface area contributed by atoms with Crippen LogP contribution in [-0.2, 0) is 134 Å². The predicted octanol–water partition coefficient (Wildman–Crippen LogP) is -4.19. The van der Waals surface area contributed by atoms with Crippen LogP contribution in [0.2, 0.25) is 0 Å². The molecule has 0 N–H and O–H groups in total. The van der Waals surface area contributed by atoms with E-state index in [1.54, 1.807) is 9.80 Å². The molecule has 442 valence electrons. The van der Waals surface area contributed by atoms with E-state index in [0.717, 1.165) is 0 Å². The Balaban J connectivity index is 1.38. The van der Waals surface area contributed by atoms with E-state index in [2.05, 4.69) is 0 Å². The lowest BCUT2D eigenvalue weighted by molar-refractivity contribution is -0.200. The molecule has 80 heavy (non-hydrogen) atoms. The number of nitrogens with zero attached hydrogens (tertiary/aromatic N) is 6. The van der Waals surface area contributed by atoms with E-state index >= 15 is 0 Å². The van der Waals surface area contributed by atoms with Crippen molar-refractivity contribution < 1.29 is 134 Å². The van der Waals surface area contributed by atoms with Crippen LogP contribution in [0.4, 0.5) is 0 Å². The Morgan fingerprint density at radius 3 is 0.650 bits per heavy atom. The van der Waals surface area contributed by atoms with E-state index in [0.29, 0.717) is 20.3 Å². The van der Waals surface area contributed by atoms with Gasteiger partial charge in [0.2, 0.25) is 0 Å². The Bertz CT molecular complexity index is 2000. The predicted molar refractivity (Wildman–Crippen MR) is 247 cm³/mol. The third kappa shape index (κ3) is 22.8. The molecule has 34 heteroatoms. The average molecular weight is 1140 g/mol. The summed E-state index contributed by atoms with van der Waals surface area (Å²) in [7, 11) is 0. The van der Waals surface area contributed by atoms with Crippen LogP contribution in [0.15, 0.2) is 0 Å². The molecule has 0 aliphatic carbocycles. The molecule has 4 atom stereocenters. The second-order valence-electron chi connectivity index (χ2n) is 17.9. The maximum absolute atomic E-state index is 12.8. The molecule has 0 radical (unpaired) electrons. The van der Waals surface area contributed by atoms with Crippen molar-refractivity contribution in [2.45, 2.75) is 103 Å². The molecule has 4 saturated heterocycles. The largest absolute Gasteiger partial charge is 0.460 e. The average Bonchev–Trinajstić information content (AvgIpc) is 4.08. The van der Waals surface area contributed by atoms with Gasteiger partial charge in [-0.25, -0.2) is 38.4 Å². The number of carbonyl (C=O) groups excluding carboxylic acids is 16. The number of ether oxygens (including phenoxy) is 8. The summed E-state index contributed by atoms with van der Waals surface area (Å²) in [6.07, 6.45) is -5.03. The SMILES string of the molecule is CC(CN(CCN(CC(C)OC(=O)COCC(=O)ON1C(=O)CCC1=O)CC(C)OC(=O)COCC(=O)ON1C(=O)CCC1=O)CC(C)OC(=O)COCC(=O)ON1C(=O)CCC1=O)OC(=O)COCC(=O)ON1C(=O)CCC1=O. The maximum atomic E-state index is 12.8. The lowest BCUT2D eigenvalue weighted by atomic mass is 10.2. The molecule has 4 heterocycles. The molecule has 4 unspecified atom stereocenters. The quantitative estimate of drug-likeness (QED) is 0.0330. The Morgan fingerprint density at radius 2 is 0.475 bits per heavy atom. The number of carbonyl (C=O) groups is 16. The first kappa shape index (κ1) is 64.6. The molecular weight excluding hydrogens is 1080 g/mol. The maximum Gasteiger partial charge on any atom is 0.358 e. The molecule has 4 fully saturated rings. The summed E-state index contributed by atoms with van der Waals surface area (Å²) >= 11 is 0. The van der Waals surface area contributed by atoms with Crippen molar-refractivity contribution >= 4 is 95.0 Å². The van der Waals surface area contributed by atoms with Crippen molar-refractivity contribution in [1.82, 2.24) is 30.1 Å². The highest BCUT2D eigenvalue weighted by molar-refractivity contribution is 6.03. The Kier molecular flexibility index (Phi) is 26.0. The normalized spacial score (nSPS) is 17.0. The van der Waals surface area contributed by atoms with Crippen LogP contribution >= 0.6 is 0 Å². The van der Waals surface area contributed by atoms with Crippen LogP contribution in [-0.4, -0.2) is 242 Å². The van der Waals surface area contributed by atoms with Crippen molar-refractivity contribution in [3.05, 3.63) is 0 Å². The lowest BCUT2D eigenvalue weighted by Crippen LogP contribution is -2.46. The summed E-state index contributed by atoms with van der Waals surface area (Å²) < 4.78 is 42.1.